The largest absolute Gasteiger partial charge is 0.452 e. The van der Waals surface area contributed by atoms with Crippen LogP contribution in [0.4, 0.5) is 10.1 Å². The van der Waals surface area contributed by atoms with E-state index in [0.717, 1.165) is 12.1 Å². The molecule has 2 rings (SSSR count). The molecular formula is C14H9BrFNO4. The quantitative estimate of drug-likeness (QED) is 0.461. The summed E-state index contributed by atoms with van der Waals surface area (Å²) in [6.45, 7) is 1.28. The number of rotatable bonds is 4. The fourth-order valence-corrected chi connectivity index (χ4v) is 2.01. The Labute approximate surface area is 127 Å². The molecular weight excluding hydrogens is 345 g/mol. The lowest BCUT2D eigenvalue weighted by Gasteiger charge is -2.11. The summed E-state index contributed by atoms with van der Waals surface area (Å²) in [6, 6.07) is 7.81. The zero-order chi connectivity index (χ0) is 15.6. The number of carbonyl (C=O) groups excluding carboxylic acids is 1. The summed E-state index contributed by atoms with van der Waals surface area (Å²) in [5.74, 6) is -1.30. The molecule has 0 fully saturated rings. The second-order valence-corrected chi connectivity index (χ2v) is 5.00. The molecule has 7 heteroatoms. The highest BCUT2D eigenvalue weighted by molar-refractivity contribution is 9.10. The van der Waals surface area contributed by atoms with Crippen LogP contribution in [0.2, 0.25) is 0 Å². The standard InChI is InChI=1S/C14H9BrFNO4/c1-8(18)10-3-2-4-12(16)14(10)21-13-7-9(17(19)20)5-6-11(13)15/h2-7H,1H3. The van der Waals surface area contributed by atoms with Gasteiger partial charge in [0.15, 0.2) is 17.3 Å². The number of hydrogen-bond donors (Lipinski definition) is 0. The lowest BCUT2D eigenvalue weighted by Crippen LogP contribution is -2.00. The normalized spacial score (nSPS) is 10.2. The molecule has 0 spiro atoms. The van der Waals surface area contributed by atoms with Crippen LogP contribution in [0.3, 0.4) is 0 Å². The predicted molar refractivity (Wildman–Crippen MR) is 77.3 cm³/mol. The summed E-state index contributed by atoms with van der Waals surface area (Å²) in [6.07, 6.45) is 0. The Balaban J connectivity index is 2.50. The Morgan fingerprint density at radius 2 is 2.05 bits per heavy atom. The van der Waals surface area contributed by atoms with E-state index < -0.39 is 10.7 Å². The molecule has 108 valence electrons. The fraction of sp³-hybridized carbons (Fsp3) is 0.0714. The van der Waals surface area contributed by atoms with Gasteiger partial charge in [-0.2, -0.15) is 0 Å². The number of ketones is 1. The van der Waals surface area contributed by atoms with E-state index in [1.807, 2.05) is 0 Å². The van der Waals surface area contributed by atoms with Gasteiger partial charge < -0.3 is 4.74 Å². The van der Waals surface area contributed by atoms with Crippen molar-refractivity contribution in [3.63, 3.8) is 0 Å². The van der Waals surface area contributed by atoms with Crippen LogP contribution in [0.25, 0.3) is 0 Å². The van der Waals surface area contributed by atoms with Crippen molar-refractivity contribution in [2.45, 2.75) is 6.92 Å². The second kappa shape index (κ2) is 6.01. The zero-order valence-corrected chi connectivity index (χ0v) is 12.4. The van der Waals surface area contributed by atoms with Gasteiger partial charge in [0.2, 0.25) is 0 Å². The monoisotopic (exact) mass is 353 g/mol. The van der Waals surface area contributed by atoms with Crippen LogP contribution in [-0.2, 0) is 0 Å². The molecule has 0 amide bonds. The Bertz CT molecular complexity index is 733. The number of benzene rings is 2. The molecule has 21 heavy (non-hydrogen) atoms. The van der Waals surface area contributed by atoms with Gasteiger partial charge in [-0.3, -0.25) is 14.9 Å². The Morgan fingerprint density at radius 1 is 1.33 bits per heavy atom. The van der Waals surface area contributed by atoms with Crippen molar-refractivity contribution in [2.24, 2.45) is 0 Å². The maximum atomic E-state index is 13.9. The number of halogens is 2. The second-order valence-electron chi connectivity index (χ2n) is 4.15. The summed E-state index contributed by atoms with van der Waals surface area (Å²) in [5.41, 5.74) is -0.137. The van der Waals surface area contributed by atoms with E-state index in [9.17, 15) is 19.3 Å². The van der Waals surface area contributed by atoms with E-state index in [0.29, 0.717) is 4.47 Å². The Morgan fingerprint density at radius 3 is 2.67 bits per heavy atom. The van der Waals surface area contributed by atoms with Crippen LogP contribution in [0.1, 0.15) is 17.3 Å². The first-order chi connectivity index (χ1) is 9.90. The average molecular weight is 354 g/mol. The maximum Gasteiger partial charge on any atom is 0.273 e. The van der Waals surface area contributed by atoms with Crippen molar-refractivity contribution in [3.8, 4) is 11.5 Å². The van der Waals surface area contributed by atoms with Gasteiger partial charge in [0.1, 0.15) is 5.75 Å². The number of hydrogen-bond acceptors (Lipinski definition) is 4. The molecule has 0 heterocycles. The highest BCUT2D eigenvalue weighted by Gasteiger charge is 2.17. The number of nitro groups is 1. The van der Waals surface area contributed by atoms with E-state index in [-0.39, 0.29) is 28.5 Å². The molecule has 2 aromatic carbocycles. The minimum Gasteiger partial charge on any atom is -0.452 e. The highest BCUT2D eigenvalue weighted by Crippen LogP contribution is 2.35. The number of ether oxygens (including phenoxy) is 1. The van der Waals surface area contributed by atoms with Crippen molar-refractivity contribution in [2.75, 3.05) is 0 Å². The summed E-state index contributed by atoms with van der Waals surface area (Å²) < 4.78 is 19.6. The molecule has 0 N–H and O–H groups in total. The Hall–Kier alpha value is -2.28. The predicted octanol–water partition coefficient (Wildman–Crippen LogP) is 4.49. The van der Waals surface area contributed by atoms with E-state index in [4.69, 9.17) is 4.74 Å². The molecule has 0 aliphatic carbocycles. The SMILES string of the molecule is CC(=O)c1cccc(F)c1Oc1cc([N+](=O)[O-])ccc1Br. The lowest BCUT2D eigenvalue weighted by molar-refractivity contribution is -0.384. The van der Waals surface area contributed by atoms with Gasteiger partial charge in [0.05, 0.1) is 21.0 Å². The number of non-ortho nitro benzene ring substituents is 1. The molecule has 5 nitrogen and oxygen atoms in total. The van der Waals surface area contributed by atoms with Gasteiger partial charge in [-0.25, -0.2) is 4.39 Å². The summed E-state index contributed by atoms with van der Waals surface area (Å²) in [5, 5.41) is 10.8. The third kappa shape index (κ3) is 3.25. The summed E-state index contributed by atoms with van der Waals surface area (Å²) in [4.78, 5) is 21.7. The topological polar surface area (TPSA) is 69.4 Å². The van der Waals surface area contributed by atoms with Gasteiger partial charge in [-0.1, -0.05) is 6.07 Å². The zero-order valence-electron chi connectivity index (χ0n) is 10.8. The van der Waals surface area contributed by atoms with Crippen LogP contribution >= 0.6 is 15.9 Å². The molecule has 2 aromatic rings. The first-order valence-electron chi connectivity index (χ1n) is 5.81. The van der Waals surface area contributed by atoms with Crippen molar-refractivity contribution in [3.05, 3.63) is 62.4 Å². The van der Waals surface area contributed by atoms with Gasteiger partial charge in [-0.15, -0.1) is 0 Å². The Kier molecular flexibility index (Phi) is 4.32. The highest BCUT2D eigenvalue weighted by atomic mass is 79.9. The minimum absolute atomic E-state index is 0.0526. The molecule has 0 radical (unpaired) electrons. The average Bonchev–Trinajstić information content (AvgIpc) is 2.42. The number of Topliss-reactive ketones (excluding diaryl/α,β-unsaturated/α-hetero) is 1. The molecule has 0 saturated heterocycles. The number of nitrogens with zero attached hydrogens (tertiary/aromatic N) is 1. The van der Waals surface area contributed by atoms with E-state index in [1.165, 1.54) is 31.2 Å². The third-order valence-corrected chi connectivity index (χ3v) is 3.34. The third-order valence-electron chi connectivity index (χ3n) is 2.68. The van der Waals surface area contributed by atoms with Gasteiger partial charge >= 0.3 is 0 Å². The van der Waals surface area contributed by atoms with Gasteiger partial charge in [-0.05, 0) is 41.1 Å². The molecule has 0 unspecified atom stereocenters. The van der Waals surface area contributed by atoms with E-state index in [2.05, 4.69) is 15.9 Å². The number of nitro benzene ring substituents is 1. The summed E-state index contributed by atoms with van der Waals surface area (Å²) in [7, 11) is 0. The molecule has 0 aromatic heterocycles. The van der Waals surface area contributed by atoms with Crippen LogP contribution in [0.5, 0.6) is 11.5 Å². The van der Waals surface area contributed by atoms with Crippen molar-refractivity contribution in [1.82, 2.24) is 0 Å². The molecule has 0 aliphatic rings. The smallest absolute Gasteiger partial charge is 0.273 e. The molecule has 0 aliphatic heterocycles. The van der Waals surface area contributed by atoms with Crippen molar-refractivity contribution in [1.29, 1.82) is 0 Å². The number of carbonyl (C=O) groups is 1. The van der Waals surface area contributed by atoms with Gasteiger partial charge in [0, 0.05) is 6.07 Å². The fourth-order valence-electron chi connectivity index (χ4n) is 1.68. The molecule has 0 atom stereocenters. The lowest BCUT2D eigenvalue weighted by atomic mass is 10.1. The summed E-state index contributed by atoms with van der Waals surface area (Å²) >= 11 is 3.17. The number of para-hydroxylation sites is 1. The first-order valence-corrected chi connectivity index (χ1v) is 6.60. The van der Waals surface area contributed by atoms with Crippen molar-refractivity contribution < 1.29 is 18.8 Å². The van der Waals surface area contributed by atoms with Crippen LogP contribution in [0.15, 0.2) is 40.9 Å². The van der Waals surface area contributed by atoms with E-state index >= 15 is 0 Å². The van der Waals surface area contributed by atoms with Crippen LogP contribution in [0, 0.1) is 15.9 Å². The van der Waals surface area contributed by atoms with Crippen LogP contribution in [-0.4, -0.2) is 10.7 Å². The molecule has 0 saturated carbocycles. The molecule has 0 bridgehead atoms. The van der Waals surface area contributed by atoms with Crippen LogP contribution < -0.4 is 4.74 Å². The first kappa shape index (κ1) is 15.1. The van der Waals surface area contributed by atoms with E-state index in [1.54, 1.807) is 0 Å². The van der Waals surface area contributed by atoms with Crippen molar-refractivity contribution >= 4 is 27.4 Å². The van der Waals surface area contributed by atoms with Gasteiger partial charge in [0.25, 0.3) is 5.69 Å². The minimum atomic E-state index is -0.721. The maximum absolute atomic E-state index is 13.9.